The zero-order valence-corrected chi connectivity index (χ0v) is 9.85. The molecule has 1 aromatic carbocycles. The van der Waals surface area contributed by atoms with Crippen LogP contribution in [0.1, 0.15) is 17.0 Å². The van der Waals surface area contributed by atoms with Crippen LogP contribution in [0.15, 0.2) is 24.3 Å². The highest BCUT2D eigenvalue weighted by molar-refractivity contribution is 5.72. The van der Waals surface area contributed by atoms with Crippen LogP contribution in [0.25, 0.3) is 0 Å². The maximum absolute atomic E-state index is 11.1. The van der Waals surface area contributed by atoms with Crippen LogP contribution in [0.2, 0.25) is 0 Å². The van der Waals surface area contributed by atoms with E-state index in [1.54, 1.807) is 7.11 Å². The molecule has 1 heterocycles. The Balaban J connectivity index is 2.13. The minimum absolute atomic E-state index is 0.0732. The van der Waals surface area contributed by atoms with E-state index < -0.39 is 5.97 Å². The monoisotopic (exact) mass is 235 g/mol. The van der Waals surface area contributed by atoms with Crippen molar-refractivity contribution in [3.63, 3.8) is 0 Å². The number of ether oxygens (including phenoxy) is 1. The summed E-state index contributed by atoms with van der Waals surface area (Å²) in [6, 6.07) is 8.00. The maximum Gasteiger partial charge on any atom is 0.308 e. The second kappa shape index (κ2) is 5.29. The Hall–Kier alpha value is -1.39. The molecule has 1 aliphatic rings. The third-order valence-corrected chi connectivity index (χ3v) is 3.25. The minimum atomic E-state index is -0.721. The Morgan fingerprint density at radius 1 is 1.41 bits per heavy atom. The third-order valence-electron chi connectivity index (χ3n) is 3.25. The molecule has 1 aliphatic heterocycles. The molecule has 0 amide bonds. The number of carbonyl (C=O) groups is 1. The van der Waals surface area contributed by atoms with Crippen LogP contribution in [-0.4, -0.2) is 31.3 Å². The van der Waals surface area contributed by atoms with Gasteiger partial charge in [0.15, 0.2) is 0 Å². The first kappa shape index (κ1) is 12.1. The van der Waals surface area contributed by atoms with Crippen molar-refractivity contribution in [2.24, 2.45) is 5.92 Å². The molecular formula is C13H17NO3. The summed E-state index contributed by atoms with van der Waals surface area (Å²) < 4.78 is 5.05. The zero-order chi connectivity index (χ0) is 12.3. The van der Waals surface area contributed by atoms with Crippen LogP contribution >= 0.6 is 0 Å². The van der Waals surface area contributed by atoms with Crippen molar-refractivity contribution >= 4 is 5.97 Å². The number of rotatable bonds is 4. The molecule has 17 heavy (non-hydrogen) atoms. The van der Waals surface area contributed by atoms with E-state index in [0.717, 1.165) is 17.7 Å². The first-order valence-electron chi connectivity index (χ1n) is 5.73. The van der Waals surface area contributed by atoms with Gasteiger partial charge in [-0.1, -0.05) is 24.3 Å². The van der Waals surface area contributed by atoms with Crippen molar-refractivity contribution < 1.29 is 14.6 Å². The number of benzene rings is 1. The number of carboxylic acids is 1. The summed E-state index contributed by atoms with van der Waals surface area (Å²) in [4.78, 5) is 11.1. The fourth-order valence-corrected chi connectivity index (χ4v) is 2.32. The zero-order valence-electron chi connectivity index (χ0n) is 9.85. The van der Waals surface area contributed by atoms with Crippen LogP contribution in [0.4, 0.5) is 0 Å². The van der Waals surface area contributed by atoms with Gasteiger partial charge in [0.1, 0.15) is 0 Å². The molecule has 2 atom stereocenters. The highest BCUT2D eigenvalue weighted by Crippen LogP contribution is 2.28. The lowest BCUT2D eigenvalue weighted by atomic mass is 9.88. The predicted octanol–water partition coefficient (Wildman–Crippen LogP) is 1.22. The van der Waals surface area contributed by atoms with Gasteiger partial charge in [-0.3, -0.25) is 4.79 Å². The minimum Gasteiger partial charge on any atom is -0.481 e. The Labute approximate surface area is 101 Å². The summed E-state index contributed by atoms with van der Waals surface area (Å²) in [7, 11) is 1.66. The topological polar surface area (TPSA) is 58.6 Å². The van der Waals surface area contributed by atoms with E-state index in [4.69, 9.17) is 9.84 Å². The van der Waals surface area contributed by atoms with Gasteiger partial charge < -0.3 is 15.2 Å². The number of nitrogens with one attached hydrogen (secondary N) is 1. The average molecular weight is 235 g/mol. The average Bonchev–Trinajstić information content (AvgIpc) is 2.79. The molecule has 4 heteroatoms. The molecule has 0 aliphatic carbocycles. The van der Waals surface area contributed by atoms with E-state index in [-0.39, 0.29) is 11.8 Å². The number of carboxylic acid groups (broad SMARTS) is 1. The molecule has 0 aromatic heterocycles. The standard InChI is InChI=1S/C13H17NO3/c1-17-8-9-2-4-10(5-3-9)11-6-14-7-12(11)13(15)16/h2-5,11-12,14H,6-8H2,1H3,(H,15,16)/t11-,12+/m1/s1. The van der Waals surface area contributed by atoms with E-state index in [0.29, 0.717) is 13.2 Å². The first-order valence-corrected chi connectivity index (χ1v) is 5.73. The normalized spacial score (nSPS) is 23.8. The second-order valence-electron chi connectivity index (χ2n) is 4.38. The van der Waals surface area contributed by atoms with Gasteiger partial charge in [0, 0.05) is 26.1 Å². The fraction of sp³-hybridized carbons (Fsp3) is 0.462. The fourth-order valence-electron chi connectivity index (χ4n) is 2.32. The van der Waals surface area contributed by atoms with Crippen molar-refractivity contribution in [2.45, 2.75) is 12.5 Å². The van der Waals surface area contributed by atoms with Crippen molar-refractivity contribution in [3.05, 3.63) is 35.4 Å². The van der Waals surface area contributed by atoms with Gasteiger partial charge in [0.05, 0.1) is 12.5 Å². The Morgan fingerprint density at radius 2 is 2.12 bits per heavy atom. The molecule has 1 fully saturated rings. The summed E-state index contributed by atoms with van der Waals surface area (Å²) >= 11 is 0. The van der Waals surface area contributed by atoms with Crippen molar-refractivity contribution in [2.75, 3.05) is 20.2 Å². The quantitative estimate of drug-likeness (QED) is 0.824. The Bertz CT molecular complexity index is 388. The molecular weight excluding hydrogens is 218 g/mol. The summed E-state index contributed by atoms with van der Waals surface area (Å²) in [5, 5.41) is 12.3. The summed E-state index contributed by atoms with van der Waals surface area (Å²) in [5.41, 5.74) is 2.19. The van der Waals surface area contributed by atoms with E-state index in [2.05, 4.69) is 5.32 Å². The Morgan fingerprint density at radius 3 is 2.71 bits per heavy atom. The first-order chi connectivity index (χ1) is 8.22. The predicted molar refractivity (Wildman–Crippen MR) is 63.9 cm³/mol. The SMILES string of the molecule is COCc1ccc([C@H]2CNC[C@@H]2C(=O)O)cc1. The number of hydrogen-bond acceptors (Lipinski definition) is 3. The van der Waals surface area contributed by atoms with Crippen molar-refractivity contribution in [3.8, 4) is 0 Å². The number of methoxy groups -OCH3 is 1. The van der Waals surface area contributed by atoms with Gasteiger partial charge in [0.2, 0.25) is 0 Å². The summed E-state index contributed by atoms with van der Waals surface area (Å²) in [6.45, 7) is 1.88. The van der Waals surface area contributed by atoms with Crippen LogP contribution in [0, 0.1) is 5.92 Å². The van der Waals surface area contributed by atoms with E-state index in [1.807, 2.05) is 24.3 Å². The van der Waals surface area contributed by atoms with Crippen LogP contribution < -0.4 is 5.32 Å². The smallest absolute Gasteiger partial charge is 0.308 e. The Kier molecular flexibility index (Phi) is 3.76. The van der Waals surface area contributed by atoms with Gasteiger partial charge in [-0.05, 0) is 11.1 Å². The van der Waals surface area contributed by atoms with Crippen molar-refractivity contribution in [1.82, 2.24) is 5.32 Å². The molecule has 0 radical (unpaired) electrons. The lowest BCUT2D eigenvalue weighted by molar-refractivity contribution is -0.141. The second-order valence-corrected chi connectivity index (χ2v) is 4.38. The van der Waals surface area contributed by atoms with Gasteiger partial charge in [-0.2, -0.15) is 0 Å². The number of hydrogen-bond donors (Lipinski definition) is 2. The molecule has 1 saturated heterocycles. The molecule has 4 nitrogen and oxygen atoms in total. The molecule has 0 saturated carbocycles. The van der Waals surface area contributed by atoms with Gasteiger partial charge in [-0.15, -0.1) is 0 Å². The summed E-state index contributed by atoms with van der Waals surface area (Å²) in [5.74, 6) is -0.965. The van der Waals surface area contributed by atoms with E-state index >= 15 is 0 Å². The van der Waals surface area contributed by atoms with Gasteiger partial charge in [-0.25, -0.2) is 0 Å². The van der Waals surface area contributed by atoms with Crippen LogP contribution in [0.3, 0.4) is 0 Å². The van der Waals surface area contributed by atoms with Crippen LogP contribution in [-0.2, 0) is 16.1 Å². The van der Waals surface area contributed by atoms with Crippen molar-refractivity contribution in [1.29, 1.82) is 0 Å². The molecule has 0 bridgehead atoms. The van der Waals surface area contributed by atoms with Gasteiger partial charge >= 0.3 is 5.97 Å². The molecule has 92 valence electrons. The molecule has 2 rings (SSSR count). The maximum atomic E-state index is 11.1. The van der Waals surface area contributed by atoms with Gasteiger partial charge in [0.25, 0.3) is 0 Å². The lowest BCUT2D eigenvalue weighted by Crippen LogP contribution is -2.20. The van der Waals surface area contributed by atoms with E-state index in [9.17, 15) is 4.79 Å². The largest absolute Gasteiger partial charge is 0.481 e. The molecule has 2 N–H and O–H groups in total. The lowest BCUT2D eigenvalue weighted by Gasteiger charge is -2.15. The molecule has 0 spiro atoms. The van der Waals surface area contributed by atoms with E-state index in [1.165, 1.54) is 0 Å². The highest BCUT2D eigenvalue weighted by Gasteiger charge is 2.33. The summed E-state index contributed by atoms with van der Waals surface area (Å²) in [6.07, 6.45) is 0. The molecule has 0 unspecified atom stereocenters. The van der Waals surface area contributed by atoms with Crippen LogP contribution in [0.5, 0.6) is 0 Å². The molecule has 1 aromatic rings. The highest BCUT2D eigenvalue weighted by atomic mass is 16.5. The number of aliphatic carboxylic acids is 1. The third kappa shape index (κ3) is 2.65.